The third kappa shape index (κ3) is 7.18. The Balaban J connectivity index is 1.33. The van der Waals surface area contributed by atoms with Gasteiger partial charge in [-0.1, -0.05) is 77.0 Å². The molecule has 0 aromatic heterocycles. The van der Waals surface area contributed by atoms with Crippen molar-refractivity contribution in [2.45, 2.75) is 96.5 Å². The van der Waals surface area contributed by atoms with Crippen LogP contribution in [0.3, 0.4) is 0 Å². The molecule has 164 valence electrons. The fraction of sp³-hybridized carbons (Fsp3) is 0.750. The molecular weight excluding hydrogens is 380 g/mol. The number of alkyl halides is 2. The highest BCUT2D eigenvalue weighted by Crippen LogP contribution is 2.36. The summed E-state index contributed by atoms with van der Waals surface area (Å²) in [6, 6.07) is 2.24. The molecule has 0 spiro atoms. The van der Waals surface area contributed by atoms with Crippen LogP contribution in [-0.4, -0.2) is 6.61 Å². The van der Waals surface area contributed by atoms with Gasteiger partial charge in [-0.05, 0) is 48.3 Å². The number of hydrogen-bond acceptors (Lipinski definition) is 1. The van der Waals surface area contributed by atoms with Crippen LogP contribution in [0.1, 0.15) is 89.0 Å². The van der Waals surface area contributed by atoms with Crippen LogP contribution in [0, 0.1) is 29.4 Å². The van der Waals surface area contributed by atoms with Crippen LogP contribution in [0.5, 0.6) is 5.75 Å². The predicted octanol–water partition coefficient (Wildman–Crippen LogP) is 8.06. The number of aryl methyl sites for hydroxylation is 1. The van der Waals surface area contributed by atoms with Crippen molar-refractivity contribution in [3.05, 3.63) is 29.3 Å². The maximum absolute atomic E-state index is 13.8. The van der Waals surface area contributed by atoms with Gasteiger partial charge in [-0.15, -0.1) is 0 Å². The first-order chi connectivity index (χ1) is 14.0. The highest BCUT2D eigenvalue weighted by Gasteiger charge is 2.22. The quantitative estimate of drug-likeness (QED) is 0.278. The third-order valence-electron chi connectivity index (χ3n) is 7.02. The first-order valence-electron chi connectivity index (χ1n) is 11.4. The average Bonchev–Trinajstić information content (AvgIpc) is 3.21. The van der Waals surface area contributed by atoms with Gasteiger partial charge in [0, 0.05) is 0 Å². The summed E-state index contributed by atoms with van der Waals surface area (Å²) in [6.07, 6.45) is 17.6. The molecular formula is C24H34F4O. The Morgan fingerprint density at radius 2 is 1.24 bits per heavy atom. The molecule has 0 unspecified atom stereocenters. The standard InChI is InChI=1S/C24H34F4O/c25-21-15-20(16-22(26)23(21)29-24(27)28)14-13-19-11-9-18(10-12-19)8-4-3-7-17-5-1-2-6-17/h15-19,24H,1-14H2/t18-,19-. The normalized spacial score (nSPS) is 23.1. The fourth-order valence-corrected chi connectivity index (χ4v) is 5.30. The molecule has 0 bridgehead atoms. The molecule has 0 amide bonds. The Bertz CT molecular complexity index is 596. The maximum Gasteiger partial charge on any atom is 0.387 e. The van der Waals surface area contributed by atoms with Crippen LogP contribution < -0.4 is 4.74 Å². The van der Waals surface area contributed by atoms with Crippen molar-refractivity contribution >= 4 is 0 Å². The van der Waals surface area contributed by atoms with Gasteiger partial charge in [0.1, 0.15) is 0 Å². The summed E-state index contributed by atoms with van der Waals surface area (Å²) in [4.78, 5) is 0. The van der Waals surface area contributed by atoms with Gasteiger partial charge in [-0.25, -0.2) is 8.78 Å². The minimum atomic E-state index is -3.23. The van der Waals surface area contributed by atoms with E-state index in [-0.39, 0.29) is 0 Å². The summed E-state index contributed by atoms with van der Waals surface area (Å²) in [5.74, 6) is -0.667. The van der Waals surface area contributed by atoms with Crippen LogP contribution in [0.15, 0.2) is 12.1 Å². The van der Waals surface area contributed by atoms with Crippen molar-refractivity contribution in [1.29, 1.82) is 0 Å². The zero-order valence-electron chi connectivity index (χ0n) is 17.3. The summed E-state index contributed by atoms with van der Waals surface area (Å²) in [6.45, 7) is -3.23. The highest BCUT2D eigenvalue weighted by atomic mass is 19.3. The van der Waals surface area contributed by atoms with Gasteiger partial charge in [0.15, 0.2) is 17.4 Å². The van der Waals surface area contributed by atoms with Crippen LogP contribution in [0.25, 0.3) is 0 Å². The number of hydrogen-bond donors (Lipinski definition) is 0. The van der Waals surface area contributed by atoms with E-state index in [0.717, 1.165) is 30.4 Å². The highest BCUT2D eigenvalue weighted by molar-refractivity contribution is 5.31. The van der Waals surface area contributed by atoms with Gasteiger partial charge in [-0.3, -0.25) is 0 Å². The number of rotatable bonds is 10. The van der Waals surface area contributed by atoms with E-state index in [1.54, 1.807) is 0 Å². The molecule has 2 aliphatic rings. The van der Waals surface area contributed by atoms with Gasteiger partial charge in [0.25, 0.3) is 0 Å². The summed E-state index contributed by atoms with van der Waals surface area (Å²) >= 11 is 0. The van der Waals surface area contributed by atoms with E-state index >= 15 is 0 Å². The smallest absolute Gasteiger partial charge is 0.387 e. The topological polar surface area (TPSA) is 9.23 Å². The molecule has 2 fully saturated rings. The first-order valence-corrected chi connectivity index (χ1v) is 11.4. The Hall–Kier alpha value is -1.26. The maximum atomic E-state index is 13.8. The summed E-state index contributed by atoms with van der Waals surface area (Å²) in [5, 5.41) is 0. The van der Waals surface area contributed by atoms with Crippen molar-refractivity contribution in [3.8, 4) is 5.75 Å². The monoisotopic (exact) mass is 414 g/mol. The third-order valence-corrected chi connectivity index (χ3v) is 7.02. The molecule has 0 atom stereocenters. The second-order valence-corrected chi connectivity index (χ2v) is 9.13. The summed E-state index contributed by atoms with van der Waals surface area (Å²) in [5.41, 5.74) is 0.510. The molecule has 29 heavy (non-hydrogen) atoms. The molecule has 1 aromatic rings. The Morgan fingerprint density at radius 3 is 1.76 bits per heavy atom. The van der Waals surface area contributed by atoms with Gasteiger partial charge in [-0.2, -0.15) is 8.78 Å². The molecule has 1 aromatic carbocycles. The lowest BCUT2D eigenvalue weighted by Crippen LogP contribution is -2.15. The van der Waals surface area contributed by atoms with Crippen LogP contribution in [0.4, 0.5) is 17.6 Å². The SMILES string of the molecule is Fc1cc(CC[C@H]2CC[C@H](CCCCC3CCCC3)CC2)cc(F)c1OC(F)F. The van der Waals surface area contributed by atoms with Crippen molar-refractivity contribution in [3.63, 3.8) is 0 Å². The molecule has 2 aliphatic carbocycles. The van der Waals surface area contributed by atoms with E-state index < -0.39 is 24.0 Å². The van der Waals surface area contributed by atoms with Crippen LogP contribution in [-0.2, 0) is 6.42 Å². The Labute approximate surface area is 172 Å². The summed E-state index contributed by atoms with van der Waals surface area (Å²) in [7, 11) is 0. The fourth-order valence-electron chi connectivity index (χ4n) is 5.30. The largest absolute Gasteiger partial charge is 0.429 e. The second kappa shape index (κ2) is 11.2. The van der Waals surface area contributed by atoms with Crippen molar-refractivity contribution in [1.82, 2.24) is 0 Å². The number of halogens is 4. The van der Waals surface area contributed by atoms with E-state index in [2.05, 4.69) is 4.74 Å². The van der Waals surface area contributed by atoms with Crippen LogP contribution >= 0.6 is 0 Å². The minimum Gasteiger partial charge on any atom is -0.429 e. The van der Waals surface area contributed by atoms with E-state index in [4.69, 9.17) is 0 Å². The van der Waals surface area contributed by atoms with Crippen molar-refractivity contribution < 1.29 is 22.3 Å². The predicted molar refractivity (Wildman–Crippen MR) is 107 cm³/mol. The first kappa shape index (κ1) is 22.4. The summed E-state index contributed by atoms with van der Waals surface area (Å²) < 4.78 is 56.0. The lowest BCUT2D eigenvalue weighted by atomic mass is 9.77. The van der Waals surface area contributed by atoms with E-state index in [1.165, 1.54) is 77.0 Å². The zero-order chi connectivity index (χ0) is 20.6. The zero-order valence-corrected chi connectivity index (χ0v) is 17.3. The van der Waals surface area contributed by atoms with Gasteiger partial charge in [0.2, 0.25) is 0 Å². The number of unbranched alkanes of at least 4 members (excludes halogenated alkanes) is 1. The number of benzene rings is 1. The molecule has 0 saturated heterocycles. The lowest BCUT2D eigenvalue weighted by Gasteiger charge is -2.28. The molecule has 0 N–H and O–H groups in total. The van der Waals surface area contributed by atoms with Crippen molar-refractivity contribution in [2.24, 2.45) is 17.8 Å². The van der Waals surface area contributed by atoms with E-state index in [1.807, 2.05) is 0 Å². The molecule has 2 saturated carbocycles. The Morgan fingerprint density at radius 1 is 0.759 bits per heavy atom. The number of ether oxygens (including phenoxy) is 1. The molecule has 0 aliphatic heterocycles. The van der Waals surface area contributed by atoms with Gasteiger partial charge >= 0.3 is 6.61 Å². The van der Waals surface area contributed by atoms with Gasteiger partial charge < -0.3 is 4.74 Å². The molecule has 1 nitrogen and oxygen atoms in total. The van der Waals surface area contributed by atoms with Crippen molar-refractivity contribution in [2.75, 3.05) is 0 Å². The average molecular weight is 415 g/mol. The molecule has 0 heterocycles. The molecule has 3 rings (SSSR count). The van der Waals surface area contributed by atoms with E-state index in [9.17, 15) is 17.6 Å². The second-order valence-electron chi connectivity index (χ2n) is 9.13. The van der Waals surface area contributed by atoms with Crippen LogP contribution in [0.2, 0.25) is 0 Å². The molecule has 0 radical (unpaired) electrons. The van der Waals surface area contributed by atoms with E-state index in [0.29, 0.717) is 17.9 Å². The lowest BCUT2D eigenvalue weighted by molar-refractivity contribution is -0.0546. The Kier molecular flexibility index (Phi) is 8.68. The van der Waals surface area contributed by atoms with Gasteiger partial charge in [0.05, 0.1) is 0 Å². The minimum absolute atomic E-state index is 0.510. The molecule has 5 heteroatoms.